The van der Waals surface area contributed by atoms with E-state index in [2.05, 4.69) is 10.6 Å². The molecule has 0 radical (unpaired) electrons. The zero-order valence-corrected chi connectivity index (χ0v) is 20.1. The minimum atomic E-state index is -3.60. The van der Waals surface area contributed by atoms with Crippen molar-refractivity contribution in [3.8, 4) is 0 Å². The number of nitrogens with one attached hydrogen (secondary N) is 2. The first-order valence-electron chi connectivity index (χ1n) is 10.8. The Bertz CT molecular complexity index is 1020. The predicted octanol–water partition coefficient (Wildman–Crippen LogP) is 1.44. The van der Waals surface area contributed by atoms with E-state index in [1.807, 2.05) is 37.8 Å². The largest absolute Gasteiger partial charge is 0.463 e. The Morgan fingerprint density at radius 3 is 2.28 bits per heavy atom. The molecule has 10 heteroatoms. The van der Waals surface area contributed by atoms with Crippen molar-refractivity contribution in [1.82, 2.24) is 19.8 Å². The van der Waals surface area contributed by atoms with Crippen molar-refractivity contribution in [2.24, 2.45) is 0 Å². The summed E-state index contributed by atoms with van der Waals surface area (Å²) >= 11 is 0. The van der Waals surface area contributed by atoms with Crippen LogP contribution in [0.25, 0.3) is 0 Å². The van der Waals surface area contributed by atoms with Gasteiger partial charge in [-0.25, -0.2) is 18.0 Å². The summed E-state index contributed by atoms with van der Waals surface area (Å²) in [6.45, 7) is 11.3. The van der Waals surface area contributed by atoms with Crippen molar-refractivity contribution in [3.05, 3.63) is 40.1 Å². The molecule has 0 saturated carbocycles. The minimum absolute atomic E-state index is 0.241. The third-order valence-corrected chi connectivity index (χ3v) is 7.99. The Balaban J connectivity index is 1.75. The van der Waals surface area contributed by atoms with Crippen LogP contribution in [-0.2, 0) is 19.6 Å². The highest BCUT2D eigenvalue weighted by Crippen LogP contribution is 2.26. The number of benzene rings is 1. The predicted molar refractivity (Wildman–Crippen MR) is 121 cm³/mol. The van der Waals surface area contributed by atoms with Gasteiger partial charge in [-0.15, -0.1) is 0 Å². The minimum Gasteiger partial charge on any atom is -0.463 e. The van der Waals surface area contributed by atoms with E-state index in [-0.39, 0.29) is 12.6 Å². The van der Waals surface area contributed by atoms with Gasteiger partial charge in [-0.05, 0) is 45.7 Å². The van der Waals surface area contributed by atoms with Crippen molar-refractivity contribution in [2.45, 2.75) is 45.6 Å². The molecule has 0 spiro atoms. The number of nitrogens with zero attached hydrogens (tertiary/aromatic N) is 2. The van der Waals surface area contributed by atoms with E-state index in [9.17, 15) is 18.0 Å². The van der Waals surface area contributed by atoms with Crippen molar-refractivity contribution in [1.29, 1.82) is 0 Å². The molecule has 0 bridgehead atoms. The van der Waals surface area contributed by atoms with Crippen LogP contribution in [0.4, 0.5) is 4.79 Å². The molecule has 32 heavy (non-hydrogen) atoms. The van der Waals surface area contributed by atoms with Crippen LogP contribution in [0, 0.1) is 20.8 Å². The van der Waals surface area contributed by atoms with E-state index in [1.54, 1.807) is 13.8 Å². The average Bonchev–Trinajstić information content (AvgIpc) is 2.67. The van der Waals surface area contributed by atoms with Crippen molar-refractivity contribution in [3.63, 3.8) is 0 Å². The quantitative estimate of drug-likeness (QED) is 0.617. The number of carbonyl (C=O) groups is 2. The van der Waals surface area contributed by atoms with Gasteiger partial charge in [0.15, 0.2) is 0 Å². The van der Waals surface area contributed by atoms with Gasteiger partial charge in [0, 0.05) is 38.4 Å². The van der Waals surface area contributed by atoms with Crippen LogP contribution in [0.15, 0.2) is 28.3 Å². The van der Waals surface area contributed by atoms with Gasteiger partial charge in [-0.3, -0.25) is 4.90 Å². The molecule has 1 atom stereocenters. The number of piperazine rings is 1. The molecule has 2 aliphatic heterocycles. The number of hydrogen-bond acceptors (Lipinski definition) is 6. The van der Waals surface area contributed by atoms with Crippen LogP contribution in [0.2, 0.25) is 0 Å². The lowest BCUT2D eigenvalue weighted by Crippen LogP contribution is -2.54. The Hall–Kier alpha value is -2.43. The van der Waals surface area contributed by atoms with E-state index in [0.717, 1.165) is 16.7 Å². The zero-order valence-electron chi connectivity index (χ0n) is 19.3. The van der Waals surface area contributed by atoms with Gasteiger partial charge in [-0.1, -0.05) is 17.7 Å². The van der Waals surface area contributed by atoms with Gasteiger partial charge >= 0.3 is 12.0 Å². The lowest BCUT2D eigenvalue weighted by atomic mass is 10.0. The van der Waals surface area contributed by atoms with Crippen molar-refractivity contribution < 1.29 is 22.7 Å². The highest BCUT2D eigenvalue weighted by Gasteiger charge is 2.34. The van der Waals surface area contributed by atoms with Crippen LogP contribution in [0.5, 0.6) is 0 Å². The third kappa shape index (κ3) is 4.97. The molecule has 9 nitrogen and oxygen atoms in total. The first-order chi connectivity index (χ1) is 15.0. The smallest absolute Gasteiger partial charge is 0.337 e. The molecule has 1 aromatic carbocycles. The van der Waals surface area contributed by atoms with E-state index < -0.39 is 22.0 Å². The van der Waals surface area contributed by atoms with Crippen LogP contribution in [-0.4, -0.2) is 75.0 Å². The number of aryl methyl sites for hydroxylation is 3. The number of amides is 2. The molecule has 1 fully saturated rings. The monoisotopic (exact) mass is 464 g/mol. The summed E-state index contributed by atoms with van der Waals surface area (Å²) in [7, 11) is -3.60. The topological polar surface area (TPSA) is 108 Å². The molecule has 176 valence electrons. The maximum Gasteiger partial charge on any atom is 0.337 e. The van der Waals surface area contributed by atoms with Crippen molar-refractivity contribution >= 4 is 22.0 Å². The number of carbonyl (C=O) groups excluding carboxylic acids is 2. The number of esters is 1. The second kappa shape index (κ2) is 9.60. The Morgan fingerprint density at radius 1 is 1.12 bits per heavy atom. The van der Waals surface area contributed by atoms with Gasteiger partial charge < -0.3 is 15.4 Å². The summed E-state index contributed by atoms with van der Waals surface area (Å²) in [6.07, 6.45) is 0. The SMILES string of the molecule is CCOC(=O)C1=C(CN2CCN(S(=O)(=O)c3c(C)cc(C)cc3C)CC2)NC(=O)NC1C. The number of urea groups is 1. The summed E-state index contributed by atoms with van der Waals surface area (Å²) in [5.74, 6) is -0.464. The van der Waals surface area contributed by atoms with Gasteiger partial charge in [0.05, 0.1) is 23.1 Å². The molecule has 2 amide bonds. The fourth-order valence-electron chi connectivity index (χ4n) is 4.46. The van der Waals surface area contributed by atoms with Gasteiger partial charge in [-0.2, -0.15) is 4.31 Å². The summed E-state index contributed by atoms with van der Waals surface area (Å²) < 4.78 is 33.3. The molecule has 1 unspecified atom stereocenters. The van der Waals surface area contributed by atoms with Gasteiger partial charge in [0.2, 0.25) is 10.0 Å². The molecular formula is C22H32N4O5S. The maximum absolute atomic E-state index is 13.3. The first-order valence-corrected chi connectivity index (χ1v) is 12.3. The van der Waals surface area contributed by atoms with Crippen LogP contribution >= 0.6 is 0 Å². The Labute approximate surface area is 189 Å². The molecule has 3 rings (SSSR count). The molecule has 1 aromatic rings. The third-order valence-electron chi connectivity index (χ3n) is 5.78. The average molecular weight is 465 g/mol. The summed E-state index contributed by atoms with van der Waals surface area (Å²) in [5.41, 5.74) is 3.43. The number of hydrogen-bond donors (Lipinski definition) is 2. The lowest BCUT2D eigenvalue weighted by molar-refractivity contribution is -0.139. The van der Waals surface area contributed by atoms with E-state index in [0.29, 0.717) is 48.9 Å². The first kappa shape index (κ1) is 24.2. The maximum atomic E-state index is 13.3. The molecule has 2 N–H and O–H groups in total. The van der Waals surface area contributed by atoms with E-state index >= 15 is 0 Å². The number of ether oxygens (including phenoxy) is 1. The highest BCUT2D eigenvalue weighted by molar-refractivity contribution is 7.89. The molecule has 0 aromatic heterocycles. The number of rotatable bonds is 6. The van der Waals surface area contributed by atoms with E-state index in [1.165, 1.54) is 4.31 Å². The summed E-state index contributed by atoms with van der Waals surface area (Å²) in [4.78, 5) is 26.8. The van der Waals surface area contributed by atoms with Crippen LogP contribution in [0.1, 0.15) is 30.5 Å². The second-order valence-electron chi connectivity index (χ2n) is 8.34. The lowest BCUT2D eigenvalue weighted by Gasteiger charge is -2.36. The summed E-state index contributed by atoms with van der Waals surface area (Å²) in [5, 5.41) is 5.41. The Kier molecular flexibility index (Phi) is 7.26. The molecule has 2 aliphatic rings. The van der Waals surface area contributed by atoms with Crippen LogP contribution in [0.3, 0.4) is 0 Å². The second-order valence-corrected chi connectivity index (χ2v) is 10.2. The van der Waals surface area contributed by atoms with Crippen LogP contribution < -0.4 is 10.6 Å². The number of sulfonamides is 1. The molecular weight excluding hydrogens is 432 g/mol. The summed E-state index contributed by atoms with van der Waals surface area (Å²) in [6, 6.07) is 2.94. The van der Waals surface area contributed by atoms with E-state index in [4.69, 9.17) is 4.74 Å². The molecule has 1 saturated heterocycles. The highest BCUT2D eigenvalue weighted by atomic mass is 32.2. The van der Waals surface area contributed by atoms with Crippen molar-refractivity contribution in [2.75, 3.05) is 39.3 Å². The normalized spacial score (nSPS) is 20.7. The Morgan fingerprint density at radius 2 is 1.72 bits per heavy atom. The molecule has 0 aliphatic carbocycles. The van der Waals surface area contributed by atoms with Gasteiger partial charge in [0.1, 0.15) is 0 Å². The fraction of sp³-hybridized carbons (Fsp3) is 0.545. The fourth-order valence-corrected chi connectivity index (χ4v) is 6.29. The molecule has 2 heterocycles. The zero-order chi connectivity index (χ0) is 23.6. The standard InChI is InChI=1S/C22H32N4O5S/c1-6-31-21(27)19-17(5)23-22(28)24-18(19)13-25-7-9-26(10-8-25)32(29,30)20-15(3)11-14(2)12-16(20)4/h11-12,17H,6-10,13H2,1-5H3,(H2,23,24,28). The van der Waals surface area contributed by atoms with Gasteiger partial charge in [0.25, 0.3) is 0 Å².